The van der Waals surface area contributed by atoms with E-state index in [9.17, 15) is 9.59 Å². The second-order valence-corrected chi connectivity index (χ2v) is 5.17. The number of amides is 2. The zero-order valence-electron chi connectivity index (χ0n) is 11.7. The first-order chi connectivity index (χ1) is 10.2. The molecular weight excluding hydrogens is 272 g/mol. The van der Waals surface area contributed by atoms with Gasteiger partial charge in [-0.05, 0) is 31.0 Å². The molecule has 0 aromatic heterocycles. The Kier molecular flexibility index (Phi) is 3.94. The topological polar surface area (TPSA) is 76.7 Å². The molecule has 2 aliphatic heterocycles. The Bertz CT molecular complexity index is 559. The minimum atomic E-state index is -0.456. The van der Waals surface area contributed by atoms with Crippen molar-refractivity contribution in [1.82, 2.24) is 10.6 Å². The third-order valence-corrected chi connectivity index (χ3v) is 3.60. The summed E-state index contributed by atoms with van der Waals surface area (Å²) in [6, 6.07) is 4.62. The quantitative estimate of drug-likeness (QED) is 0.847. The molecule has 1 aromatic rings. The summed E-state index contributed by atoms with van der Waals surface area (Å²) >= 11 is 0. The summed E-state index contributed by atoms with van der Waals surface area (Å²) in [5.41, 5.74) is 0.470. The number of carbonyl (C=O) groups excluding carboxylic acids is 2. The lowest BCUT2D eigenvalue weighted by Crippen LogP contribution is -2.50. The van der Waals surface area contributed by atoms with E-state index in [1.807, 2.05) is 0 Å². The molecule has 0 bridgehead atoms. The van der Waals surface area contributed by atoms with Crippen LogP contribution in [0, 0.1) is 0 Å². The fraction of sp³-hybridized carbons (Fsp3) is 0.467. The first-order valence-electron chi connectivity index (χ1n) is 7.22. The SMILES string of the molecule is O=C(NC1CCCNC1=O)c1ccc2c(c1)OCCCO2. The van der Waals surface area contributed by atoms with E-state index in [-0.39, 0.29) is 11.8 Å². The molecule has 6 nitrogen and oxygen atoms in total. The number of fused-ring (bicyclic) bond motifs is 1. The zero-order valence-corrected chi connectivity index (χ0v) is 11.7. The second kappa shape index (κ2) is 6.03. The van der Waals surface area contributed by atoms with E-state index in [0.29, 0.717) is 43.2 Å². The van der Waals surface area contributed by atoms with Gasteiger partial charge < -0.3 is 20.1 Å². The lowest BCUT2D eigenvalue weighted by molar-refractivity contribution is -0.124. The molecule has 0 aliphatic carbocycles. The van der Waals surface area contributed by atoms with Crippen LogP contribution in [0.2, 0.25) is 0 Å². The standard InChI is InChI=1S/C15H18N2O4/c18-14(17-11-3-1-6-16-15(11)19)10-4-5-12-13(9-10)21-8-2-7-20-12/h4-5,9,11H,1-3,6-8H2,(H,16,19)(H,17,18). The lowest BCUT2D eigenvalue weighted by Gasteiger charge is -2.22. The van der Waals surface area contributed by atoms with Crippen molar-refractivity contribution in [2.75, 3.05) is 19.8 Å². The molecule has 2 aliphatic rings. The summed E-state index contributed by atoms with van der Waals surface area (Å²) in [4.78, 5) is 23.9. The molecule has 2 amide bonds. The Morgan fingerprint density at radius 2 is 2.00 bits per heavy atom. The molecule has 112 valence electrons. The Labute approximate surface area is 122 Å². The Morgan fingerprint density at radius 1 is 1.19 bits per heavy atom. The predicted octanol–water partition coefficient (Wildman–Crippen LogP) is 0.856. The number of hydrogen-bond acceptors (Lipinski definition) is 4. The molecule has 0 spiro atoms. The van der Waals surface area contributed by atoms with Gasteiger partial charge in [-0.1, -0.05) is 0 Å². The summed E-state index contributed by atoms with van der Waals surface area (Å²) in [7, 11) is 0. The van der Waals surface area contributed by atoms with E-state index >= 15 is 0 Å². The van der Waals surface area contributed by atoms with Gasteiger partial charge in [-0.25, -0.2) is 0 Å². The normalized spacial score (nSPS) is 21.1. The summed E-state index contributed by atoms with van der Waals surface area (Å²) in [6.07, 6.45) is 2.36. The highest BCUT2D eigenvalue weighted by atomic mass is 16.5. The number of nitrogens with one attached hydrogen (secondary N) is 2. The van der Waals surface area contributed by atoms with Gasteiger partial charge in [0, 0.05) is 18.5 Å². The third kappa shape index (κ3) is 3.09. The van der Waals surface area contributed by atoms with E-state index in [2.05, 4.69) is 10.6 Å². The fourth-order valence-corrected chi connectivity index (χ4v) is 2.46. The van der Waals surface area contributed by atoms with Crippen LogP contribution in [0.3, 0.4) is 0 Å². The number of ether oxygens (including phenoxy) is 2. The number of carbonyl (C=O) groups is 2. The molecule has 21 heavy (non-hydrogen) atoms. The highest BCUT2D eigenvalue weighted by Crippen LogP contribution is 2.30. The summed E-state index contributed by atoms with van der Waals surface area (Å²) in [5.74, 6) is 0.837. The van der Waals surface area contributed by atoms with Gasteiger partial charge in [-0.2, -0.15) is 0 Å². The van der Waals surface area contributed by atoms with Crippen LogP contribution in [-0.2, 0) is 4.79 Å². The van der Waals surface area contributed by atoms with Gasteiger partial charge in [-0.15, -0.1) is 0 Å². The van der Waals surface area contributed by atoms with Gasteiger partial charge in [0.2, 0.25) is 5.91 Å². The van der Waals surface area contributed by atoms with Crippen LogP contribution < -0.4 is 20.1 Å². The maximum Gasteiger partial charge on any atom is 0.252 e. The zero-order chi connectivity index (χ0) is 14.7. The van der Waals surface area contributed by atoms with Crippen molar-refractivity contribution in [3.05, 3.63) is 23.8 Å². The van der Waals surface area contributed by atoms with Crippen LogP contribution in [-0.4, -0.2) is 37.6 Å². The first kappa shape index (κ1) is 13.7. The van der Waals surface area contributed by atoms with Crippen LogP contribution >= 0.6 is 0 Å². The molecule has 0 radical (unpaired) electrons. The maximum atomic E-state index is 12.2. The molecule has 6 heteroatoms. The predicted molar refractivity (Wildman–Crippen MR) is 75.5 cm³/mol. The lowest BCUT2D eigenvalue weighted by atomic mass is 10.1. The van der Waals surface area contributed by atoms with Crippen LogP contribution in [0.25, 0.3) is 0 Å². The van der Waals surface area contributed by atoms with Gasteiger partial charge in [0.1, 0.15) is 6.04 Å². The van der Waals surface area contributed by atoms with Gasteiger partial charge >= 0.3 is 0 Å². The van der Waals surface area contributed by atoms with Crippen molar-refractivity contribution in [3.8, 4) is 11.5 Å². The van der Waals surface area contributed by atoms with E-state index in [0.717, 1.165) is 12.8 Å². The van der Waals surface area contributed by atoms with Crippen LogP contribution in [0.15, 0.2) is 18.2 Å². The molecule has 0 saturated carbocycles. The summed E-state index contributed by atoms with van der Waals surface area (Å²) in [6.45, 7) is 1.86. The van der Waals surface area contributed by atoms with Crippen molar-refractivity contribution in [1.29, 1.82) is 0 Å². The minimum absolute atomic E-state index is 0.121. The molecule has 2 N–H and O–H groups in total. The van der Waals surface area contributed by atoms with E-state index in [4.69, 9.17) is 9.47 Å². The van der Waals surface area contributed by atoms with Gasteiger partial charge in [0.25, 0.3) is 5.91 Å². The largest absolute Gasteiger partial charge is 0.490 e. The van der Waals surface area contributed by atoms with Crippen LogP contribution in [0.5, 0.6) is 11.5 Å². The molecule has 1 saturated heterocycles. The van der Waals surface area contributed by atoms with Crippen molar-refractivity contribution in [2.45, 2.75) is 25.3 Å². The number of benzene rings is 1. The van der Waals surface area contributed by atoms with Crippen molar-refractivity contribution in [2.24, 2.45) is 0 Å². The van der Waals surface area contributed by atoms with Gasteiger partial charge in [0.15, 0.2) is 11.5 Å². The third-order valence-electron chi connectivity index (χ3n) is 3.60. The molecule has 3 rings (SSSR count). The maximum absolute atomic E-state index is 12.2. The van der Waals surface area contributed by atoms with Crippen LogP contribution in [0.1, 0.15) is 29.6 Å². The highest BCUT2D eigenvalue weighted by Gasteiger charge is 2.24. The molecule has 1 atom stereocenters. The summed E-state index contributed by atoms with van der Waals surface area (Å²) in [5, 5.41) is 5.51. The van der Waals surface area contributed by atoms with Crippen LogP contribution in [0.4, 0.5) is 0 Å². The molecular formula is C15H18N2O4. The summed E-state index contributed by atoms with van der Waals surface area (Å²) < 4.78 is 11.1. The van der Waals surface area contributed by atoms with E-state index in [1.54, 1.807) is 18.2 Å². The number of rotatable bonds is 2. The highest BCUT2D eigenvalue weighted by molar-refractivity contribution is 5.98. The van der Waals surface area contributed by atoms with Crippen molar-refractivity contribution < 1.29 is 19.1 Å². The van der Waals surface area contributed by atoms with Crippen molar-refractivity contribution >= 4 is 11.8 Å². The van der Waals surface area contributed by atoms with Crippen molar-refractivity contribution in [3.63, 3.8) is 0 Å². The Morgan fingerprint density at radius 3 is 2.81 bits per heavy atom. The van der Waals surface area contributed by atoms with E-state index < -0.39 is 6.04 Å². The fourth-order valence-electron chi connectivity index (χ4n) is 2.46. The average Bonchev–Trinajstić information content (AvgIpc) is 2.74. The molecule has 1 unspecified atom stereocenters. The van der Waals surface area contributed by atoms with E-state index in [1.165, 1.54) is 0 Å². The monoisotopic (exact) mass is 290 g/mol. The Balaban J connectivity index is 1.72. The Hall–Kier alpha value is -2.24. The average molecular weight is 290 g/mol. The molecule has 2 heterocycles. The molecule has 1 fully saturated rings. The second-order valence-electron chi connectivity index (χ2n) is 5.17. The number of hydrogen-bond donors (Lipinski definition) is 2. The minimum Gasteiger partial charge on any atom is -0.490 e. The smallest absolute Gasteiger partial charge is 0.252 e. The van der Waals surface area contributed by atoms with Gasteiger partial charge in [-0.3, -0.25) is 9.59 Å². The first-order valence-corrected chi connectivity index (χ1v) is 7.22. The van der Waals surface area contributed by atoms with Gasteiger partial charge in [0.05, 0.1) is 13.2 Å². The molecule has 1 aromatic carbocycles. The number of piperidine rings is 1.